The predicted molar refractivity (Wildman–Crippen MR) is 93.7 cm³/mol. The van der Waals surface area contributed by atoms with Gasteiger partial charge in [0, 0.05) is 32.1 Å². The van der Waals surface area contributed by atoms with Crippen LogP contribution in [0.4, 0.5) is 0 Å². The van der Waals surface area contributed by atoms with E-state index in [9.17, 15) is 13.2 Å². The first-order valence-electron chi connectivity index (χ1n) is 8.67. The van der Waals surface area contributed by atoms with Crippen LogP contribution in [0.25, 0.3) is 0 Å². The Kier molecular flexibility index (Phi) is 6.59. The summed E-state index contributed by atoms with van der Waals surface area (Å²) < 4.78 is 29.1. The average molecular weight is 372 g/mol. The van der Waals surface area contributed by atoms with E-state index in [-0.39, 0.29) is 23.4 Å². The van der Waals surface area contributed by atoms with Gasteiger partial charge in [-0.3, -0.25) is 9.48 Å². The number of carbonyl (C=O) groups is 1. The maximum absolute atomic E-state index is 13.0. The van der Waals surface area contributed by atoms with Gasteiger partial charge in [-0.2, -0.15) is 9.40 Å². The van der Waals surface area contributed by atoms with E-state index in [2.05, 4.69) is 10.00 Å². The summed E-state index contributed by atoms with van der Waals surface area (Å²) in [4.78, 5) is 13.0. The second-order valence-electron chi connectivity index (χ2n) is 6.77. The van der Waals surface area contributed by atoms with E-state index in [1.807, 2.05) is 21.0 Å². The first-order chi connectivity index (χ1) is 11.8. The zero-order valence-corrected chi connectivity index (χ0v) is 15.9. The highest BCUT2D eigenvalue weighted by Crippen LogP contribution is 2.29. The van der Waals surface area contributed by atoms with Crippen molar-refractivity contribution in [1.29, 1.82) is 0 Å². The lowest BCUT2D eigenvalue weighted by atomic mass is 9.88. The molecule has 2 atom stereocenters. The molecule has 0 amide bonds. The van der Waals surface area contributed by atoms with Crippen LogP contribution in [-0.2, 0) is 21.4 Å². The number of sulfonamides is 1. The highest BCUT2D eigenvalue weighted by molar-refractivity contribution is 7.89. The summed E-state index contributed by atoms with van der Waals surface area (Å²) in [5.41, 5.74) is 0. The number of carboxylic acid groups (broad SMARTS) is 1. The zero-order chi connectivity index (χ0) is 18.6. The molecular formula is C16H28N4O4S. The fourth-order valence-corrected chi connectivity index (χ4v) is 5.16. The zero-order valence-electron chi connectivity index (χ0n) is 15.1. The molecule has 0 saturated carbocycles. The van der Waals surface area contributed by atoms with Crippen LogP contribution in [-0.4, -0.2) is 71.7 Å². The molecule has 0 radical (unpaired) electrons. The highest BCUT2D eigenvalue weighted by atomic mass is 32.2. The van der Waals surface area contributed by atoms with Crippen LogP contribution in [0.5, 0.6) is 0 Å². The standard InChI is InChI=1S/C16H28N4O4S/c1-4-10-20-15(7-9-17-20)25(23,24)19-11-8-14(18(2)3)13(12-19)5-6-16(21)22/h7,9,13-14H,4-6,8,10-12H2,1-3H3,(H,21,22)/t13-,14+/m0/s1. The van der Waals surface area contributed by atoms with E-state index in [0.29, 0.717) is 32.5 Å². The van der Waals surface area contributed by atoms with Gasteiger partial charge in [-0.25, -0.2) is 8.42 Å². The Hall–Kier alpha value is -1.45. The molecule has 1 aromatic rings. The quantitative estimate of drug-likeness (QED) is 0.734. The van der Waals surface area contributed by atoms with Gasteiger partial charge < -0.3 is 10.0 Å². The molecule has 2 rings (SSSR count). The average Bonchev–Trinajstić information content (AvgIpc) is 3.02. The Morgan fingerprint density at radius 2 is 2.16 bits per heavy atom. The summed E-state index contributed by atoms with van der Waals surface area (Å²) in [5.74, 6) is -0.851. The Balaban J connectivity index is 2.21. The van der Waals surface area contributed by atoms with Crippen molar-refractivity contribution in [2.24, 2.45) is 5.92 Å². The van der Waals surface area contributed by atoms with E-state index in [4.69, 9.17) is 5.11 Å². The Morgan fingerprint density at radius 3 is 2.76 bits per heavy atom. The number of piperidine rings is 1. The summed E-state index contributed by atoms with van der Waals surface area (Å²) in [7, 11) is 0.290. The SMILES string of the molecule is CCCn1nccc1S(=O)(=O)N1CC[C@@H](N(C)C)[C@@H](CCC(=O)O)C1. The van der Waals surface area contributed by atoms with Gasteiger partial charge in [-0.1, -0.05) is 6.92 Å². The smallest absolute Gasteiger partial charge is 0.303 e. The number of carboxylic acids is 1. The predicted octanol–water partition coefficient (Wildman–Crippen LogP) is 1.10. The monoisotopic (exact) mass is 372 g/mol. The first-order valence-corrected chi connectivity index (χ1v) is 10.1. The third kappa shape index (κ3) is 4.59. The van der Waals surface area contributed by atoms with E-state index in [0.717, 1.165) is 6.42 Å². The molecule has 1 aliphatic heterocycles. The minimum Gasteiger partial charge on any atom is -0.481 e. The molecule has 1 aromatic heterocycles. The molecule has 0 aliphatic carbocycles. The van der Waals surface area contributed by atoms with Gasteiger partial charge in [0.2, 0.25) is 0 Å². The lowest BCUT2D eigenvalue weighted by Crippen LogP contribution is -2.50. The number of rotatable bonds is 8. The van der Waals surface area contributed by atoms with Gasteiger partial charge in [0.1, 0.15) is 0 Å². The summed E-state index contributed by atoms with van der Waals surface area (Å²) in [6, 6.07) is 1.72. The molecule has 0 bridgehead atoms. The van der Waals surface area contributed by atoms with Crippen molar-refractivity contribution in [3.8, 4) is 0 Å². The lowest BCUT2D eigenvalue weighted by molar-refractivity contribution is -0.137. The number of aryl methyl sites for hydroxylation is 1. The van der Waals surface area contributed by atoms with Crippen LogP contribution < -0.4 is 0 Å². The first kappa shape index (κ1) is 19.9. The Bertz CT molecular complexity index is 686. The molecular weight excluding hydrogens is 344 g/mol. The summed E-state index contributed by atoms with van der Waals surface area (Å²) in [6.45, 7) is 3.31. The van der Waals surface area contributed by atoms with Crippen molar-refractivity contribution in [1.82, 2.24) is 19.0 Å². The van der Waals surface area contributed by atoms with Gasteiger partial charge >= 0.3 is 5.97 Å². The Morgan fingerprint density at radius 1 is 1.44 bits per heavy atom. The van der Waals surface area contributed by atoms with E-state index in [1.54, 1.807) is 0 Å². The number of aromatic nitrogens is 2. The van der Waals surface area contributed by atoms with Crippen LogP contribution in [0, 0.1) is 5.92 Å². The molecule has 8 nitrogen and oxygen atoms in total. The molecule has 9 heteroatoms. The molecule has 0 aromatic carbocycles. The van der Waals surface area contributed by atoms with E-state index < -0.39 is 16.0 Å². The van der Waals surface area contributed by atoms with Crippen LogP contribution in [0.2, 0.25) is 0 Å². The number of nitrogens with zero attached hydrogens (tertiary/aromatic N) is 4. The van der Waals surface area contributed by atoms with Crippen LogP contribution in [0.15, 0.2) is 17.3 Å². The largest absolute Gasteiger partial charge is 0.481 e. The van der Waals surface area contributed by atoms with Gasteiger partial charge in [-0.15, -0.1) is 0 Å². The maximum Gasteiger partial charge on any atom is 0.303 e. The van der Waals surface area contributed by atoms with Gasteiger partial charge in [0.25, 0.3) is 10.0 Å². The van der Waals surface area contributed by atoms with Crippen LogP contribution in [0.1, 0.15) is 32.6 Å². The molecule has 2 heterocycles. The fourth-order valence-electron chi connectivity index (χ4n) is 3.53. The van der Waals surface area contributed by atoms with Crippen molar-refractivity contribution in [3.63, 3.8) is 0 Å². The second kappa shape index (κ2) is 8.29. The van der Waals surface area contributed by atoms with Crippen molar-refractivity contribution < 1.29 is 18.3 Å². The number of aliphatic carboxylic acids is 1. The van der Waals surface area contributed by atoms with Crippen LogP contribution >= 0.6 is 0 Å². The second-order valence-corrected chi connectivity index (χ2v) is 8.65. The van der Waals surface area contributed by atoms with Gasteiger partial charge in [0.15, 0.2) is 5.03 Å². The van der Waals surface area contributed by atoms with Gasteiger partial charge in [-0.05, 0) is 45.3 Å². The molecule has 25 heavy (non-hydrogen) atoms. The van der Waals surface area contributed by atoms with Crippen LogP contribution in [0.3, 0.4) is 0 Å². The molecule has 1 fully saturated rings. The normalized spacial score (nSPS) is 22.4. The fraction of sp³-hybridized carbons (Fsp3) is 0.750. The molecule has 1 aliphatic rings. The van der Waals surface area contributed by atoms with E-state index >= 15 is 0 Å². The van der Waals surface area contributed by atoms with Gasteiger partial charge in [0.05, 0.1) is 6.20 Å². The minimum absolute atomic E-state index is 0.00262. The van der Waals surface area contributed by atoms with Crippen molar-refractivity contribution >= 4 is 16.0 Å². The topological polar surface area (TPSA) is 95.7 Å². The molecule has 1 saturated heterocycles. The summed E-state index contributed by atoms with van der Waals surface area (Å²) >= 11 is 0. The summed E-state index contributed by atoms with van der Waals surface area (Å²) in [5, 5.41) is 13.3. The number of hydrogen-bond acceptors (Lipinski definition) is 5. The van der Waals surface area contributed by atoms with E-state index in [1.165, 1.54) is 21.3 Å². The lowest BCUT2D eigenvalue weighted by Gasteiger charge is -2.40. The molecule has 1 N–H and O–H groups in total. The van der Waals surface area contributed by atoms with Crippen molar-refractivity contribution in [3.05, 3.63) is 12.3 Å². The van der Waals surface area contributed by atoms with Crippen molar-refractivity contribution in [2.45, 2.75) is 50.2 Å². The molecule has 0 unspecified atom stereocenters. The molecule has 0 spiro atoms. The van der Waals surface area contributed by atoms with Crippen molar-refractivity contribution in [2.75, 3.05) is 27.2 Å². The number of hydrogen-bond donors (Lipinski definition) is 1. The summed E-state index contributed by atoms with van der Waals surface area (Å²) in [6.07, 6.45) is 3.53. The Labute approximate surface area is 149 Å². The third-order valence-electron chi connectivity index (χ3n) is 4.77. The highest BCUT2D eigenvalue weighted by Gasteiger charge is 2.37. The molecule has 142 valence electrons. The third-order valence-corrected chi connectivity index (χ3v) is 6.65. The maximum atomic E-state index is 13.0. The minimum atomic E-state index is -3.62.